The molecule has 0 aliphatic carbocycles. The molecule has 0 aliphatic heterocycles. The number of hydrogen-bond acceptors (Lipinski definition) is 3. The summed E-state index contributed by atoms with van der Waals surface area (Å²) in [5.41, 5.74) is 2.06. The molecule has 0 saturated carbocycles. The molecule has 2 aromatic carbocycles. The smallest absolute Gasteiger partial charge is 0.238 e. The Balaban J connectivity index is 2.03. The van der Waals surface area contributed by atoms with Crippen molar-refractivity contribution in [1.82, 2.24) is 4.90 Å². The van der Waals surface area contributed by atoms with Crippen molar-refractivity contribution in [2.45, 2.75) is 20.4 Å². The Hall–Kier alpha value is -2.08. The third-order valence-electron chi connectivity index (χ3n) is 3.70. The summed E-state index contributed by atoms with van der Waals surface area (Å²) in [5, 5.41) is 6.65. The highest BCUT2D eigenvalue weighted by atomic mass is 35.5. The molecule has 0 unspecified atom stereocenters. The van der Waals surface area contributed by atoms with Crippen LogP contribution in [0.4, 0.5) is 11.4 Å². The minimum absolute atomic E-state index is 0.185. The second-order valence-corrected chi connectivity index (χ2v) is 6.72. The molecule has 0 bridgehead atoms. The number of amides is 2. The molecule has 2 N–H and O–H groups in total. The Bertz CT molecular complexity index is 779. The number of benzene rings is 2. The minimum Gasteiger partial charge on any atom is -0.325 e. The van der Waals surface area contributed by atoms with Crippen molar-refractivity contribution in [3.8, 4) is 0 Å². The molecule has 138 valence electrons. The highest BCUT2D eigenvalue weighted by Crippen LogP contribution is 2.26. The van der Waals surface area contributed by atoms with Gasteiger partial charge in [0.25, 0.3) is 0 Å². The van der Waals surface area contributed by atoms with E-state index in [4.69, 9.17) is 23.2 Å². The van der Waals surface area contributed by atoms with E-state index in [0.29, 0.717) is 34.5 Å². The Morgan fingerprint density at radius 2 is 1.62 bits per heavy atom. The second kappa shape index (κ2) is 9.57. The van der Waals surface area contributed by atoms with E-state index in [-0.39, 0.29) is 18.4 Å². The van der Waals surface area contributed by atoms with Gasteiger partial charge in [-0.1, -0.05) is 42.3 Å². The first-order chi connectivity index (χ1) is 12.4. The van der Waals surface area contributed by atoms with Gasteiger partial charge < -0.3 is 10.6 Å². The molecule has 0 atom stereocenters. The van der Waals surface area contributed by atoms with Gasteiger partial charge in [-0.15, -0.1) is 0 Å². The standard InChI is InChI=1S/C19H21Cl2N3O2/c1-3-24(11-14-4-6-15(20)7-5-14)12-19(26)23-18-10-16(21)8-9-17(18)22-13(2)25/h4-10H,3,11-12H2,1-2H3,(H,22,25)(H,23,26). The molecule has 0 heterocycles. The van der Waals surface area contributed by atoms with Crippen LogP contribution in [0.5, 0.6) is 0 Å². The number of likely N-dealkylation sites (N-methyl/N-ethyl adjacent to an activating group) is 1. The maximum atomic E-state index is 12.4. The lowest BCUT2D eigenvalue weighted by molar-refractivity contribution is -0.117. The fourth-order valence-corrected chi connectivity index (χ4v) is 2.74. The van der Waals surface area contributed by atoms with E-state index >= 15 is 0 Å². The molecule has 0 radical (unpaired) electrons. The van der Waals surface area contributed by atoms with Crippen LogP contribution in [0.3, 0.4) is 0 Å². The summed E-state index contributed by atoms with van der Waals surface area (Å²) in [5.74, 6) is -0.407. The molecule has 0 spiro atoms. The van der Waals surface area contributed by atoms with Crippen LogP contribution in [-0.2, 0) is 16.1 Å². The van der Waals surface area contributed by atoms with Crippen LogP contribution in [0.25, 0.3) is 0 Å². The Labute approximate surface area is 163 Å². The fourth-order valence-electron chi connectivity index (χ4n) is 2.44. The average molecular weight is 394 g/mol. The quantitative estimate of drug-likeness (QED) is 0.731. The second-order valence-electron chi connectivity index (χ2n) is 5.85. The zero-order valence-electron chi connectivity index (χ0n) is 14.7. The lowest BCUT2D eigenvalue weighted by Crippen LogP contribution is -2.33. The summed E-state index contributed by atoms with van der Waals surface area (Å²) < 4.78 is 0. The normalized spacial score (nSPS) is 10.7. The van der Waals surface area contributed by atoms with E-state index in [1.54, 1.807) is 18.2 Å². The minimum atomic E-state index is -0.222. The predicted molar refractivity (Wildman–Crippen MR) is 107 cm³/mol. The van der Waals surface area contributed by atoms with Crippen molar-refractivity contribution in [2.24, 2.45) is 0 Å². The highest BCUT2D eigenvalue weighted by molar-refractivity contribution is 6.31. The van der Waals surface area contributed by atoms with Crippen LogP contribution in [0.2, 0.25) is 10.0 Å². The molecular weight excluding hydrogens is 373 g/mol. The van der Waals surface area contributed by atoms with Gasteiger partial charge in [0.2, 0.25) is 11.8 Å². The third-order valence-corrected chi connectivity index (χ3v) is 4.19. The van der Waals surface area contributed by atoms with Gasteiger partial charge in [0.1, 0.15) is 0 Å². The number of rotatable bonds is 7. The average Bonchev–Trinajstić information content (AvgIpc) is 2.58. The first kappa shape index (κ1) is 20.2. The molecule has 0 fully saturated rings. The molecule has 7 heteroatoms. The van der Waals surface area contributed by atoms with Gasteiger partial charge in [-0.25, -0.2) is 0 Å². The molecule has 2 amide bonds. The Morgan fingerprint density at radius 1 is 0.962 bits per heavy atom. The molecule has 26 heavy (non-hydrogen) atoms. The van der Waals surface area contributed by atoms with Crippen molar-refractivity contribution in [3.05, 3.63) is 58.1 Å². The maximum Gasteiger partial charge on any atom is 0.238 e. The topological polar surface area (TPSA) is 61.4 Å². The first-order valence-electron chi connectivity index (χ1n) is 8.21. The van der Waals surface area contributed by atoms with Gasteiger partial charge in [-0.2, -0.15) is 0 Å². The van der Waals surface area contributed by atoms with Crippen LogP contribution >= 0.6 is 23.2 Å². The van der Waals surface area contributed by atoms with Gasteiger partial charge in [0.05, 0.1) is 17.9 Å². The highest BCUT2D eigenvalue weighted by Gasteiger charge is 2.13. The number of hydrogen-bond donors (Lipinski definition) is 2. The Kier molecular flexibility index (Phi) is 7.45. The summed E-state index contributed by atoms with van der Waals surface area (Å²) in [6, 6.07) is 12.5. The van der Waals surface area contributed by atoms with Crippen LogP contribution in [0, 0.1) is 0 Å². The van der Waals surface area contributed by atoms with Crippen molar-refractivity contribution in [3.63, 3.8) is 0 Å². The van der Waals surface area contributed by atoms with Crippen LogP contribution in [-0.4, -0.2) is 29.8 Å². The van der Waals surface area contributed by atoms with Gasteiger partial charge >= 0.3 is 0 Å². The fraction of sp³-hybridized carbons (Fsp3) is 0.263. The largest absolute Gasteiger partial charge is 0.325 e. The predicted octanol–water partition coefficient (Wildman–Crippen LogP) is 4.41. The van der Waals surface area contributed by atoms with Crippen LogP contribution < -0.4 is 10.6 Å². The number of anilines is 2. The summed E-state index contributed by atoms with van der Waals surface area (Å²) in [6.45, 7) is 4.96. The molecule has 0 aromatic heterocycles. The monoisotopic (exact) mass is 393 g/mol. The zero-order valence-corrected chi connectivity index (χ0v) is 16.2. The SMILES string of the molecule is CCN(CC(=O)Nc1cc(Cl)ccc1NC(C)=O)Cc1ccc(Cl)cc1. The van der Waals surface area contributed by atoms with E-state index in [9.17, 15) is 9.59 Å². The van der Waals surface area contributed by atoms with E-state index < -0.39 is 0 Å². The molecule has 2 aromatic rings. The van der Waals surface area contributed by atoms with E-state index in [1.165, 1.54) is 6.92 Å². The molecule has 0 aliphatic rings. The summed E-state index contributed by atoms with van der Waals surface area (Å²) in [7, 11) is 0. The summed E-state index contributed by atoms with van der Waals surface area (Å²) in [6.07, 6.45) is 0. The Morgan fingerprint density at radius 3 is 2.23 bits per heavy atom. The van der Waals surface area contributed by atoms with E-state index in [0.717, 1.165) is 5.56 Å². The first-order valence-corrected chi connectivity index (χ1v) is 8.96. The van der Waals surface area contributed by atoms with Crippen molar-refractivity contribution >= 4 is 46.4 Å². The zero-order chi connectivity index (χ0) is 19.1. The van der Waals surface area contributed by atoms with Crippen LogP contribution in [0.1, 0.15) is 19.4 Å². The number of carbonyl (C=O) groups is 2. The van der Waals surface area contributed by atoms with Gasteiger partial charge in [-0.05, 0) is 42.4 Å². The maximum absolute atomic E-state index is 12.4. The van der Waals surface area contributed by atoms with E-state index in [1.807, 2.05) is 36.1 Å². The van der Waals surface area contributed by atoms with Gasteiger partial charge in [-0.3, -0.25) is 14.5 Å². The van der Waals surface area contributed by atoms with Crippen molar-refractivity contribution < 1.29 is 9.59 Å². The number of nitrogens with zero attached hydrogens (tertiary/aromatic N) is 1. The molecule has 5 nitrogen and oxygen atoms in total. The summed E-state index contributed by atoms with van der Waals surface area (Å²) >= 11 is 11.9. The van der Waals surface area contributed by atoms with Crippen molar-refractivity contribution in [2.75, 3.05) is 23.7 Å². The van der Waals surface area contributed by atoms with Gasteiger partial charge in [0.15, 0.2) is 0 Å². The molecular formula is C19H21Cl2N3O2. The summed E-state index contributed by atoms with van der Waals surface area (Å²) in [4.78, 5) is 25.8. The number of nitrogens with one attached hydrogen (secondary N) is 2. The van der Waals surface area contributed by atoms with Crippen LogP contribution in [0.15, 0.2) is 42.5 Å². The van der Waals surface area contributed by atoms with Crippen molar-refractivity contribution in [1.29, 1.82) is 0 Å². The van der Waals surface area contributed by atoms with Gasteiger partial charge in [0, 0.05) is 23.5 Å². The van der Waals surface area contributed by atoms with E-state index in [2.05, 4.69) is 10.6 Å². The molecule has 0 saturated heterocycles. The third kappa shape index (κ3) is 6.33. The lowest BCUT2D eigenvalue weighted by Gasteiger charge is -2.20. The molecule has 2 rings (SSSR count). The number of halogens is 2. The lowest BCUT2D eigenvalue weighted by atomic mass is 10.2. The number of carbonyl (C=O) groups excluding carboxylic acids is 2.